The molecule has 6 heteroatoms. The quantitative estimate of drug-likeness (QED) is 0.768. The summed E-state index contributed by atoms with van der Waals surface area (Å²) < 4.78 is 5.04. The number of hydrogen-bond acceptors (Lipinski definition) is 5. The van der Waals surface area contributed by atoms with Gasteiger partial charge in [0.05, 0.1) is 19.3 Å². The van der Waals surface area contributed by atoms with Crippen LogP contribution in [0.2, 0.25) is 0 Å². The van der Waals surface area contributed by atoms with Gasteiger partial charge in [-0.1, -0.05) is 0 Å². The predicted molar refractivity (Wildman–Crippen MR) is 67.2 cm³/mol. The van der Waals surface area contributed by atoms with E-state index >= 15 is 0 Å². The monoisotopic (exact) mass is 238 g/mol. The fraction of sp³-hybridized carbons (Fsp3) is 0.455. The Kier molecular flexibility index (Phi) is 4.56. The summed E-state index contributed by atoms with van der Waals surface area (Å²) in [4.78, 5) is 17.4. The number of ether oxygens (including phenoxy) is 1. The van der Waals surface area contributed by atoms with Gasteiger partial charge in [0.15, 0.2) is 5.82 Å². The smallest absolute Gasteiger partial charge is 0.239 e. The van der Waals surface area contributed by atoms with Gasteiger partial charge in [-0.2, -0.15) is 4.98 Å². The van der Waals surface area contributed by atoms with Crippen LogP contribution in [0, 0.1) is 0 Å². The molecule has 1 aromatic rings. The number of hydrogen-bond donors (Lipinski definition) is 2. The van der Waals surface area contributed by atoms with Gasteiger partial charge in [0.25, 0.3) is 0 Å². The van der Waals surface area contributed by atoms with Crippen molar-refractivity contribution in [1.82, 2.24) is 10.3 Å². The third-order valence-electron chi connectivity index (χ3n) is 2.38. The zero-order valence-electron chi connectivity index (χ0n) is 10.4. The molecule has 6 nitrogen and oxygen atoms in total. The maximum atomic E-state index is 11.4. The molecule has 94 valence electrons. The van der Waals surface area contributed by atoms with Gasteiger partial charge in [0.2, 0.25) is 11.8 Å². The zero-order chi connectivity index (χ0) is 12.8. The molecule has 3 N–H and O–H groups in total. The molecule has 1 aromatic heterocycles. The fourth-order valence-electron chi connectivity index (χ4n) is 1.40. The van der Waals surface area contributed by atoms with Crippen LogP contribution in [-0.2, 0) is 4.79 Å². The number of methoxy groups -OCH3 is 1. The first kappa shape index (κ1) is 13.1. The second-order valence-electron chi connectivity index (χ2n) is 3.45. The lowest BCUT2D eigenvalue weighted by Crippen LogP contribution is -2.36. The summed E-state index contributed by atoms with van der Waals surface area (Å²) in [5, 5.41) is 2.57. The van der Waals surface area contributed by atoms with Crippen LogP contribution in [0.3, 0.4) is 0 Å². The normalized spacial score (nSPS) is 9.82. The molecule has 0 bridgehead atoms. The SMILES string of the molecule is CCN(CC(=O)NC)c1nc(OC)ccc1N. The van der Waals surface area contributed by atoms with E-state index in [0.29, 0.717) is 23.9 Å². The number of nitrogens with zero attached hydrogens (tertiary/aromatic N) is 2. The number of anilines is 2. The van der Waals surface area contributed by atoms with Crippen LogP contribution < -0.4 is 20.7 Å². The summed E-state index contributed by atoms with van der Waals surface area (Å²) >= 11 is 0. The highest BCUT2D eigenvalue weighted by Gasteiger charge is 2.14. The molecule has 0 unspecified atom stereocenters. The molecule has 0 aromatic carbocycles. The minimum absolute atomic E-state index is 0.0872. The van der Waals surface area contributed by atoms with Crippen molar-refractivity contribution in [2.24, 2.45) is 0 Å². The third kappa shape index (κ3) is 3.24. The molecular formula is C11H18N4O2. The van der Waals surface area contributed by atoms with E-state index in [0.717, 1.165) is 0 Å². The first-order valence-electron chi connectivity index (χ1n) is 5.38. The summed E-state index contributed by atoms with van der Waals surface area (Å²) in [6, 6.07) is 3.40. The van der Waals surface area contributed by atoms with Crippen LogP contribution in [0.25, 0.3) is 0 Å². The van der Waals surface area contributed by atoms with Crippen molar-refractivity contribution in [3.8, 4) is 5.88 Å². The zero-order valence-corrected chi connectivity index (χ0v) is 10.4. The minimum atomic E-state index is -0.0872. The number of pyridine rings is 1. The first-order chi connectivity index (χ1) is 8.12. The van der Waals surface area contributed by atoms with Crippen LogP contribution in [-0.4, -0.2) is 38.1 Å². The first-order valence-corrected chi connectivity index (χ1v) is 5.38. The maximum absolute atomic E-state index is 11.4. The highest BCUT2D eigenvalue weighted by Crippen LogP contribution is 2.23. The molecule has 0 spiro atoms. The Balaban J connectivity index is 2.97. The summed E-state index contributed by atoms with van der Waals surface area (Å²) in [6.45, 7) is 2.79. The van der Waals surface area contributed by atoms with Crippen LogP contribution in [0.5, 0.6) is 5.88 Å². The van der Waals surface area contributed by atoms with Gasteiger partial charge in [-0.05, 0) is 13.0 Å². The molecule has 0 fully saturated rings. The number of likely N-dealkylation sites (N-methyl/N-ethyl adjacent to an activating group) is 2. The van der Waals surface area contributed by atoms with Crippen LogP contribution in [0.1, 0.15) is 6.92 Å². The lowest BCUT2D eigenvalue weighted by molar-refractivity contribution is -0.119. The summed E-state index contributed by atoms with van der Waals surface area (Å²) in [5.41, 5.74) is 6.37. The topological polar surface area (TPSA) is 80.5 Å². The van der Waals surface area contributed by atoms with E-state index in [1.54, 1.807) is 24.1 Å². The van der Waals surface area contributed by atoms with Crippen molar-refractivity contribution in [3.63, 3.8) is 0 Å². The largest absolute Gasteiger partial charge is 0.481 e. The molecular weight excluding hydrogens is 220 g/mol. The van der Waals surface area contributed by atoms with Crippen molar-refractivity contribution in [3.05, 3.63) is 12.1 Å². The maximum Gasteiger partial charge on any atom is 0.239 e. The average Bonchev–Trinajstić information content (AvgIpc) is 2.36. The summed E-state index contributed by atoms with van der Waals surface area (Å²) in [6.07, 6.45) is 0. The fourth-order valence-corrected chi connectivity index (χ4v) is 1.40. The van der Waals surface area contributed by atoms with Crippen molar-refractivity contribution >= 4 is 17.4 Å². The van der Waals surface area contributed by atoms with Gasteiger partial charge in [0, 0.05) is 19.7 Å². The third-order valence-corrected chi connectivity index (χ3v) is 2.38. The molecule has 0 saturated carbocycles. The molecule has 1 rings (SSSR count). The van der Waals surface area contributed by atoms with E-state index in [1.807, 2.05) is 6.92 Å². The molecule has 17 heavy (non-hydrogen) atoms. The number of nitrogens with one attached hydrogen (secondary N) is 1. The number of aromatic nitrogens is 1. The Bertz CT molecular complexity index is 395. The number of nitrogen functional groups attached to an aromatic ring is 1. The van der Waals surface area contributed by atoms with E-state index in [1.165, 1.54) is 7.11 Å². The van der Waals surface area contributed by atoms with Gasteiger partial charge in [-0.15, -0.1) is 0 Å². The van der Waals surface area contributed by atoms with Gasteiger partial charge in [-0.3, -0.25) is 4.79 Å². The van der Waals surface area contributed by atoms with E-state index in [4.69, 9.17) is 10.5 Å². The van der Waals surface area contributed by atoms with Crippen LogP contribution >= 0.6 is 0 Å². The van der Waals surface area contributed by atoms with E-state index in [2.05, 4.69) is 10.3 Å². The molecule has 0 aliphatic rings. The van der Waals surface area contributed by atoms with Crippen LogP contribution in [0.4, 0.5) is 11.5 Å². The molecule has 0 saturated heterocycles. The number of rotatable bonds is 5. The van der Waals surface area contributed by atoms with E-state index in [9.17, 15) is 4.79 Å². The van der Waals surface area contributed by atoms with Crippen molar-refractivity contribution < 1.29 is 9.53 Å². The molecule has 0 atom stereocenters. The Hall–Kier alpha value is -1.98. The number of amides is 1. The number of nitrogens with two attached hydrogens (primary N) is 1. The van der Waals surface area contributed by atoms with Crippen molar-refractivity contribution in [1.29, 1.82) is 0 Å². The Morgan fingerprint density at radius 2 is 2.29 bits per heavy atom. The molecule has 0 aliphatic heterocycles. The predicted octanol–water partition coefficient (Wildman–Crippen LogP) is 0.245. The van der Waals surface area contributed by atoms with Gasteiger partial charge in [-0.25, -0.2) is 0 Å². The van der Waals surface area contributed by atoms with E-state index < -0.39 is 0 Å². The minimum Gasteiger partial charge on any atom is -0.481 e. The Morgan fingerprint density at radius 1 is 1.59 bits per heavy atom. The van der Waals surface area contributed by atoms with Crippen molar-refractivity contribution in [2.45, 2.75) is 6.92 Å². The van der Waals surface area contributed by atoms with Crippen molar-refractivity contribution in [2.75, 3.05) is 37.9 Å². The molecule has 1 heterocycles. The molecule has 0 aliphatic carbocycles. The second-order valence-corrected chi connectivity index (χ2v) is 3.45. The lowest BCUT2D eigenvalue weighted by Gasteiger charge is -2.22. The lowest BCUT2D eigenvalue weighted by atomic mass is 10.3. The van der Waals surface area contributed by atoms with E-state index in [-0.39, 0.29) is 12.5 Å². The Morgan fingerprint density at radius 3 is 2.82 bits per heavy atom. The van der Waals surface area contributed by atoms with Gasteiger partial charge < -0.3 is 20.7 Å². The highest BCUT2D eigenvalue weighted by atomic mass is 16.5. The standard InChI is InChI=1S/C11H18N4O2/c1-4-15(7-9(16)13-2)11-8(12)5-6-10(14-11)17-3/h5-6H,4,7,12H2,1-3H3,(H,13,16). The van der Waals surface area contributed by atoms with Gasteiger partial charge in [0.1, 0.15) is 0 Å². The van der Waals surface area contributed by atoms with Crippen LogP contribution in [0.15, 0.2) is 12.1 Å². The number of carbonyl (C=O) groups excluding carboxylic acids is 1. The highest BCUT2D eigenvalue weighted by molar-refractivity contribution is 5.82. The summed E-state index contributed by atoms with van der Waals surface area (Å²) in [5.74, 6) is 0.955. The average molecular weight is 238 g/mol. The number of carbonyl (C=O) groups is 1. The Labute approximate surface area is 101 Å². The second kappa shape index (κ2) is 5.93. The molecule has 0 radical (unpaired) electrons. The van der Waals surface area contributed by atoms with Gasteiger partial charge >= 0.3 is 0 Å². The summed E-state index contributed by atoms with van der Waals surface area (Å²) in [7, 11) is 3.13. The molecule has 1 amide bonds.